The van der Waals surface area contributed by atoms with Crippen molar-refractivity contribution < 1.29 is 0 Å². The summed E-state index contributed by atoms with van der Waals surface area (Å²) in [7, 11) is 4.05. The van der Waals surface area contributed by atoms with Crippen LogP contribution < -0.4 is 4.90 Å². The molecule has 0 aliphatic carbocycles. The maximum absolute atomic E-state index is 4.62. The van der Waals surface area contributed by atoms with Gasteiger partial charge >= 0.3 is 0 Å². The Labute approximate surface area is 119 Å². The molecule has 3 heterocycles. The van der Waals surface area contributed by atoms with Crippen molar-refractivity contribution in [2.24, 2.45) is 0 Å². The predicted molar refractivity (Wildman–Crippen MR) is 80.5 cm³/mol. The van der Waals surface area contributed by atoms with E-state index in [2.05, 4.69) is 41.3 Å². The van der Waals surface area contributed by atoms with Crippen LogP contribution in [0.5, 0.6) is 0 Å². The van der Waals surface area contributed by atoms with Crippen LogP contribution in [0.3, 0.4) is 0 Å². The zero-order valence-corrected chi connectivity index (χ0v) is 12.3. The van der Waals surface area contributed by atoms with Crippen LogP contribution in [-0.2, 0) is 0 Å². The van der Waals surface area contributed by atoms with Crippen LogP contribution >= 0.6 is 15.9 Å². The molecule has 0 amide bonds. The minimum Gasteiger partial charge on any atom is -0.376 e. The molecule has 0 aliphatic heterocycles. The van der Waals surface area contributed by atoms with Crippen molar-refractivity contribution in [2.45, 2.75) is 0 Å². The zero-order chi connectivity index (χ0) is 13.4. The summed E-state index contributed by atoms with van der Waals surface area (Å²) in [5, 5.41) is 0. The van der Waals surface area contributed by atoms with Crippen molar-refractivity contribution in [3.63, 3.8) is 0 Å². The lowest BCUT2D eigenvalue weighted by molar-refractivity contribution is 1.10. The number of anilines is 1. The molecular formula is C14H13BrN4. The van der Waals surface area contributed by atoms with Gasteiger partial charge in [0.05, 0.1) is 5.69 Å². The van der Waals surface area contributed by atoms with E-state index in [0.29, 0.717) is 0 Å². The first-order chi connectivity index (χ1) is 9.18. The molecule has 0 unspecified atom stereocenters. The summed E-state index contributed by atoms with van der Waals surface area (Å²) in [5.74, 6) is 0.888. The third-order valence-electron chi connectivity index (χ3n) is 3.00. The van der Waals surface area contributed by atoms with E-state index in [-0.39, 0.29) is 0 Å². The minimum absolute atomic E-state index is 0.843. The fraction of sp³-hybridized carbons (Fsp3) is 0.143. The maximum Gasteiger partial charge on any atom is 0.147 e. The molecule has 0 spiro atoms. The highest BCUT2D eigenvalue weighted by Gasteiger charge is 2.14. The maximum atomic E-state index is 4.62. The van der Waals surface area contributed by atoms with Crippen LogP contribution in [0.2, 0.25) is 0 Å². The summed E-state index contributed by atoms with van der Waals surface area (Å²) in [4.78, 5) is 10.8. The smallest absolute Gasteiger partial charge is 0.147 e. The number of hydrogen-bond donors (Lipinski definition) is 0. The Bertz CT molecular complexity index is 719. The third-order valence-corrected chi connectivity index (χ3v) is 3.55. The van der Waals surface area contributed by atoms with E-state index in [1.165, 1.54) is 0 Å². The molecule has 0 bridgehead atoms. The van der Waals surface area contributed by atoms with Gasteiger partial charge in [0, 0.05) is 38.2 Å². The second kappa shape index (κ2) is 4.66. The Balaban J connectivity index is 2.32. The first-order valence-corrected chi connectivity index (χ1v) is 6.72. The van der Waals surface area contributed by atoms with Gasteiger partial charge in [-0.15, -0.1) is 0 Å². The van der Waals surface area contributed by atoms with Crippen molar-refractivity contribution in [3.8, 4) is 11.4 Å². The average molecular weight is 317 g/mol. The molecule has 5 heteroatoms. The summed E-state index contributed by atoms with van der Waals surface area (Å²) in [5.41, 5.74) is 3.18. The first-order valence-electron chi connectivity index (χ1n) is 5.93. The summed E-state index contributed by atoms with van der Waals surface area (Å²) >= 11 is 3.56. The molecule has 0 saturated heterocycles. The highest BCUT2D eigenvalue weighted by molar-refractivity contribution is 9.10. The number of aromatic nitrogens is 3. The van der Waals surface area contributed by atoms with Gasteiger partial charge < -0.3 is 4.90 Å². The van der Waals surface area contributed by atoms with E-state index < -0.39 is 0 Å². The van der Waals surface area contributed by atoms with Gasteiger partial charge in [-0.25, -0.2) is 4.98 Å². The van der Waals surface area contributed by atoms with E-state index in [1.54, 1.807) is 6.20 Å². The zero-order valence-electron chi connectivity index (χ0n) is 10.7. The number of halogens is 1. The lowest BCUT2D eigenvalue weighted by Gasteiger charge is -2.14. The summed E-state index contributed by atoms with van der Waals surface area (Å²) in [6.07, 6.45) is 5.60. The van der Waals surface area contributed by atoms with Gasteiger partial charge in [-0.1, -0.05) is 0 Å². The lowest BCUT2D eigenvalue weighted by Crippen LogP contribution is -2.09. The summed E-state index contributed by atoms with van der Waals surface area (Å²) in [6.45, 7) is 0. The third kappa shape index (κ3) is 2.00. The Hall–Kier alpha value is -1.88. The van der Waals surface area contributed by atoms with Crippen molar-refractivity contribution in [1.29, 1.82) is 0 Å². The number of nitrogens with zero attached hydrogens (tertiary/aromatic N) is 4. The first kappa shape index (κ1) is 12.2. The molecule has 3 aromatic rings. The summed E-state index contributed by atoms with van der Waals surface area (Å²) in [6, 6.07) is 8.03. The van der Waals surface area contributed by atoms with E-state index >= 15 is 0 Å². The molecule has 0 atom stereocenters. The Morgan fingerprint density at radius 2 is 2.05 bits per heavy atom. The number of hydrogen-bond acceptors (Lipinski definition) is 3. The van der Waals surface area contributed by atoms with Crippen LogP contribution in [0, 0.1) is 0 Å². The Morgan fingerprint density at radius 3 is 2.74 bits per heavy atom. The molecule has 3 rings (SSSR count). The van der Waals surface area contributed by atoms with Crippen LogP contribution in [0.4, 0.5) is 5.69 Å². The molecule has 0 aromatic carbocycles. The quantitative estimate of drug-likeness (QED) is 0.728. The highest BCUT2D eigenvalue weighted by atomic mass is 79.9. The summed E-state index contributed by atoms with van der Waals surface area (Å²) < 4.78 is 2.92. The topological polar surface area (TPSA) is 33.4 Å². The number of pyridine rings is 2. The Kier molecular flexibility index (Phi) is 2.98. The molecule has 0 radical (unpaired) electrons. The molecule has 4 nitrogen and oxygen atoms in total. The Morgan fingerprint density at radius 1 is 1.21 bits per heavy atom. The van der Waals surface area contributed by atoms with E-state index in [1.807, 2.05) is 44.7 Å². The molecule has 19 heavy (non-hydrogen) atoms. The monoisotopic (exact) mass is 316 g/mol. The van der Waals surface area contributed by atoms with Crippen LogP contribution in [0.25, 0.3) is 16.9 Å². The largest absolute Gasteiger partial charge is 0.376 e. The molecule has 0 aliphatic rings. The lowest BCUT2D eigenvalue weighted by atomic mass is 10.2. The van der Waals surface area contributed by atoms with Gasteiger partial charge in [-0.2, -0.15) is 0 Å². The number of imidazole rings is 1. The number of rotatable bonds is 2. The van der Waals surface area contributed by atoms with Crippen molar-refractivity contribution in [3.05, 3.63) is 47.5 Å². The van der Waals surface area contributed by atoms with Gasteiger partial charge in [0.15, 0.2) is 0 Å². The van der Waals surface area contributed by atoms with E-state index in [0.717, 1.165) is 27.2 Å². The molecular weight excluding hydrogens is 304 g/mol. The van der Waals surface area contributed by atoms with Gasteiger partial charge in [0.2, 0.25) is 0 Å². The van der Waals surface area contributed by atoms with Gasteiger partial charge in [0.1, 0.15) is 15.9 Å². The highest BCUT2D eigenvalue weighted by Crippen LogP contribution is 2.31. The van der Waals surface area contributed by atoms with Crippen LogP contribution in [0.15, 0.2) is 47.5 Å². The molecule has 0 fully saturated rings. The van der Waals surface area contributed by atoms with E-state index in [4.69, 9.17) is 0 Å². The second-order valence-corrected chi connectivity index (χ2v) is 5.23. The fourth-order valence-electron chi connectivity index (χ4n) is 2.14. The SMILES string of the molecule is CN(C)c1cccn2c(-c3cccnc3)nc(Br)c12. The average Bonchev–Trinajstić information content (AvgIpc) is 2.77. The second-order valence-electron chi connectivity index (χ2n) is 4.47. The fourth-order valence-corrected chi connectivity index (χ4v) is 2.70. The van der Waals surface area contributed by atoms with Gasteiger partial charge in [0.25, 0.3) is 0 Å². The van der Waals surface area contributed by atoms with Crippen LogP contribution in [-0.4, -0.2) is 28.5 Å². The van der Waals surface area contributed by atoms with Gasteiger partial charge in [-0.3, -0.25) is 9.38 Å². The van der Waals surface area contributed by atoms with Crippen molar-refractivity contribution >= 4 is 27.1 Å². The van der Waals surface area contributed by atoms with Gasteiger partial charge in [-0.05, 0) is 40.2 Å². The predicted octanol–water partition coefficient (Wildman–Crippen LogP) is 3.22. The molecule has 96 valence electrons. The standard InChI is InChI=1S/C14H13BrN4/c1-18(2)11-6-4-8-19-12(11)13(15)17-14(19)10-5-3-7-16-9-10/h3-9H,1-2H3. The normalized spacial score (nSPS) is 10.9. The number of fused-ring (bicyclic) bond motifs is 1. The molecule has 0 N–H and O–H groups in total. The van der Waals surface area contributed by atoms with Crippen LogP contribution in [0.1, 0.15) is 0 Å². The van der Waals surface area contributed by atoms with Crippen molar-refractivity contribution in [1.82, 2.24) is 14.4 Å². The van der Waals surface area contributed by atoms with E-state index in [9.17, 15) is 0 Å². The minimum atomic E-state index is 0.843. The molecule has 0 saturated carbocycles. The van der Waals surface area contributed by atoms with Crippen molar-refractivity contribution in [2.75, 3.05) is 19.0 Å². The molecule has 3 aromatic heterocycles.